The molecule has 150 valence electrons. The van der Waals surface area contributed by atoms with Gasteiger partial charge in [-0.25, -0.2) is 17.9 Å². The van der Waals surface area contributed by atoms with E-state index >= 15 is 0 Å². The fraction of sp³-hybridized carbons (Fsp3) is 0.556. The summed E-state index contributed by atoms with van der Waals surface area (Å²) in [7, 11) is -3.69. The Hall–Kier alpha value is -1.97. The first-order chi connectivity index (χ1) is 12.5. The van der Waals surface area contributed by atoms with E-state index < -0.39 is 33.5 Å². The molecular weight excluding hydrogens is 372 g/mol. The van der Waals surface area contributed by atoms with Gasteiger partial charge in [-0.05, 0) is 51.8 Å². The summed E-state index contributed by atoms with van der Waals surface area (Å²) in [4.78, 5) is 23.8. The highest BCUT2D eigenvalue weighted by Gasteiger charge is 2.28. The summed E-state index contributed by atoms with van der Waals surface area (Å²) in [5.74, 6) is -1.83. The maximum absolute atomic E-state index is 12.4. The molecule has 1 aliphatic carbocycles. The Morgan fingerprint density at radius 2 is 1.96 bits per heavy atom. The first-order valence-corrected chi connectivity index (χ1v) is 10.3. The molecule has 3 N–H and O–H groups in total. The molecule has 0 spiro atoms. The predicted octanol–water partition coefficient (Wildman–Crippen LogP) is 1.52. The summed E-state index contributed by atoms with van der Waals surface area (Å²) in [5.41, 5.74) is -0.332. The Morgan fingerprint density at radius 1 is 1.30 bits per heavy atom. The maximum atomic E-state index is 12.4. The summed E-state index contributed by atoms with van der Waals surface area (Å²) >= 11 is 0. The van der Waals surface area contributed by atoms with Crippen LogP contribution in [0.1, 0.15) is 50.4 Å². The molecule has 0 aliphatic heterocycles. The maximum Gasteiger partial charge on any atom is 0.326 e. The number of carboxylic acid groups (broad SMARTS) is 1. The standard InChI is InChI=1S/C18H26N2O6S/c1-18(2,3)26-10-9-15(17(22)23)19-16(21)12-5-4-6-14(11-12)27(24,25)20-13-7-8-13/h4-6,11,13,15,20H,7-10H2,1-3H3,(H,19,21)(H,22,23). The molecule has 1 aromatic rings. The van der Waals surface area contributed by atoms with Crippen molar-refractivity contribution in [1.29, 1.82) is 0 Å². The Bertz CT molecular complexity index is 796. The minimum atomic E-state index is -3.69. The topological polar surface area (TPSA) is 122 Å². The van der Waals surface area contributed by atoms with Gasteiger partial charge < -0.3 is 15.2 Å². The monoisotopic (exact) mass is 398 g/mol. The number of benzene rings is 1. The van der Waals surface area contributed by atoms with Crippen LogP contribution in [0.3, 0.4) is 0 Å². The van der Waals surface area contributed by atoms with Gasteiger partial charge in [0, 0.05) is 24.6 Å². The number of ether oxygens (including phenoxy) is 1. The van der Waals surface area contributed by atoms with Crippen molar-refractivity contribution in [2.24, 2.45) is 0 Å². The van der Waals surface area contributed by atoms with Gasteiger partial charge in [0.15, 0.2) is 0 Å². The quantitative estimate of drug-likeness (QED) is 0.580. The molecule has 27 heavy (non-hydrogen) atoms. The second kappa shape index (κ2) is 8.37. The summed E-state index contributed by atoms with van der Waals surface area (Å²) in [6.07, 6.45) is 1.70. The van der Waals surface area contributed by atoms with Gasteiger partial charge >= 0.3 is 5.97 Å². The summed E-state index contributed by atoms with van der Waals surface area (Å²) in [5, 5.41) is 11.7. The van der Waals surface area contributed by atoms with E-state index in [0.29, 0.717) is 0 Å². The Labute approximate surface area is 159 Å². The zero-order chi connectivity index (χ0) is 20.2. The van der Waals surface area contributed by atoms with E-state index in [4.69, 9.17) is 4.74 Å². The van der Waals surface area contributed by atoms with Gasteiger partial charge in [-0.15, -0.1) is 0 Å². The lowest BCUT2D eigenvalue weighted by Crippen LogP contribution is -2.42. The highest BCUT2D eigenvalue weighted by Crippen LogP contribution is 2.22. The molecule has 9 heteroatoms. The van der Waals surface area contributed by atoms with Gasteiger partial charge in [-0.2, -0.15) is 0 Å². The number of carboxylic acids is 1. The highest BCUT2D eigenvalue weighted by atomic mass is 32.2. The lowest BCUT2D eigenvalue weighted by molar-refractivity contribution is -0.140. The largest absolute Gasteiger partial charge is 0.480 e. The summed E-state index contributed by atoms with van der Waals surface area (Å²) < 4.78 is 32.6. The number of nitrogens with one attached hydrogen (secondary N) is 2. The Morgan fingerprint density at radius 3 is 2.52 bits per heavy atom. The Kier molecular flexibility index (Phi) is 6.61. The van der Waals surface area contributed by atoms with Crippen LogP contribution < -0.4 is 10.0 Å². The molecule has 2 rings (SSSR count). The molecule has 0 aromatic heterocycles. The summed E-state index contributed by atoms with van der Waals surface area (Å²) in [6, 6.07) is 4.35. The summed E-state index contributed by atoms with van der Waals surface area (Å²) in [6.45, 7) is 5.72. The van der Waals surface area contributed by atoms with Crippen molar-refractivity contribution in [1.82, 2.24) is 10.0 Å². The van der Waals surface area contributed by atoms with Crippen molar-refractivity contribution in [3.05, 3.63) is 29.8 Å². The normalized spacial score (nSPS) is 16.0. The van der Waals surface area contributed by atoms with E-state index in [1.807, 2.05) is 20.8 Å². The number of aliphatic carboxylic acids is 1. The highest BCUT2D eigenvalue weighted by molar-refractivity contribution is 7.89. The van der Waals surface area contributed by atoms with Crippen LogP contribution in [0.25, 0.3) is 0 Å². The van der Waals surface area contributed by atoms with Gasteiger partial charge in [0.2, 0.25) is 10.0 Å². The van der Waals surface area contributed by atoms with Crippen LogP contribution in [0.15, 0.2) is 29.2 Å². The van der Waals surface area contributed by atoms with E-state index in [-0.39, 0.29) is 29.5 Å². The first kappa shape index (κ1) is 21.3. The number of hydrogen-bond donors (Lipinski definition) is 3. The van der Waals surface area contributed by atoms with Crippen molar-refractivity contribution in [3.8, 4) is 0 Å². The Balaban J connectivity index is 2.04. The molecular formula is C18H26N2O6S. The molecule has 0 radical (unpaired) electrons. The van der Waals surface area contributed by atoms with Crippen LogP contribution in [0.5, 0.6) is 0 Å². The van der Waals surface area contributed by atoms with Gasteiger partial charge in [-0.1, -0.05) is 6.07 Å². The lowest BCUT2D eigenvalue weighted by Gasteiger charge is -2.21. The van der Waals surface area contributed by atoms with Crippen molar-refractivity contribution in [3.63, 3.8) is 0 Å². The fourth-order valence-electron chi connectivity index (χ4n) is 2.28. The van der Waals surface area contributed by atoms with Gasteiger partial charge in [0.25, 0.3) is 5.91 Å². The molecule has 0 heterocycles. The number of carbonyl (C=O) groups excluding carboxylic acids is 1. The third-order valence-electron chi connectivity index (χ3n) is 3.85. The minimum absolute atomic E-state index is 0.0232. The van der Waals surface area contributed by atoms with Crippen LogP contribution in [-0.2, 0) is 19.6 Å². The van der Waals surface area contributed by atoms with Crippen molar-refractivity contribution in [2.75, 3.05) is 6.61 Å². The molecule has 8 nitrogen and oxygen atoms in total. The SMILES string of the molecule is CC(C)(C)OCCC(NC(=O)c1cccc(S(=O)(=O)NC2CC2)c1)C(=O)O. The number of amides is 1. The smallest absolute Gasteiger partial charge is 0.326 e. The fourth-order valence-corrected chi connectivity index (χ4v) is 3.63. The zero-order valence-electron chi connectivity index (χ0n) is 15.7. The van der Waals surface area contributed by atoms with Crippen LogP contribution in [0.2, 0.25) is 0 Å². The van der Waals surface area contributed by atoms with Crippen molar-refractivity contribution in [2.45, 2.75) is 62.6 Å². The van der Waals surface area contributed by atoms with Gasteiger partial charge in [0.1, 0.15) is 6.04 Å². The predicted molar refractivity (Wildman–Crippen MR) is 99.0 cm³/mol. The third-order valence-corrected chi connectivity index (χ3v) is 5.37. The molecule has 1 unspecified atom stereocenters. The van der Waals surface area contributed by atoms with Crippen LogP contribution in [0, 0.1) is 0 Å². The second-order valence-electron chi connectivity index (χ2n) is 7.54. The second-order valence-corrected chi connectivity index (χ2v) is 9.25. The van der Waals surface area contributed by atoms with E-state index in [1.54, 1.807) is 0 Å². The number of hydrogen-bond acceptors (Lipinski definition) is 5. The molecule has 1 saturated carbocycles. The molecule has 1 amide bonds. The van der Waals surface area contributed by atoms with Gasteiger partial charge in [-0.3, -0.25) is 4.79 Å². The molecule has 1 aliphatic rings. The average molecular weight is 398 g/mol. The first-order valence-electron chi connectivity index (χ1n) is 8.78. The third kappa shape index (κ3) is 6.93. The van der Waals surface area contributed by atoms with Crippen molar-refractivity contribution >= 4 is 21.9 Å². The van der Waals surface area contributed by atoms with E-state index in [0.717, 1.165) is 12.8 Å². The molecule has 1 atom stereocenters. The van der Waals surface area contributed by atoms with Crippen LogP contribution in [0.4, 0.5) is 0 Å². The van der Waals surface area contributed by atoms with Crippen molar-refractivity contribution < 1.29 is 27.9 Å². The van der Waals surface area contributed by atoms with E-state index in [2.05, 4.69) is 10.0 Å². The van der Waals surface area contributed by atoms with E-state index in [9.17, 15) is 23.1 Å². The lowest BCUT2D eigenvalue weighted by atomic mass is 10.1. The minimum Gasteiger partial charge on any atom is -0.480 e. The zero-order valence-corrected chi connectivity index (χ0v) is 16.5. The molecule has 0 bridgehead atoms. The number of sulfonamides is 1. The number of carbonyl (C=O) groups is 2. The molecule has 1 fully saturated rings. The molecule has 1 aromatic carbocycles. The molecule has 0 saturated heterocycles. The van der Waals surface area contributed by atoms with Crippen LogP contribution >= 0.6 is 0 Å². The van der Waals surface area contributed by atoms with Crippen LogP contribution in [-0.4, -0.2) is 49.7 Å². The van der Waals surface area contributed by atoms with Gasteiger partial charge in [0.05, 0.1) is 10.5 Å². The average Bonchev–Trinajstić information content (AvgIpc) is 3.36. The number of rotatable bonds is 9. The van der Waals surface area contributed by atoms with E-state index in [1.165, 1.54) is 24.3 Å².